The molecule has 4 aromatic rings. The third kappa shape index (κ3) is 5.43. The van der Waals surface area contributed by atoms with E-state index in [0.717, 1.165) is 53.8 Å². The van der Waals surface area contributed by atoms with Gasteiger partial charge in [0, 0.05) is 29.4 Å². The van der Waals surface area contributed by atoms with Gasteiger partial charge in [0.25, 0.3) is 0 Å². The van der Waals surface area contributed by atoms with Gasteiger partial charge < -0.3 is 22.1 Å². The summed E-state index contributed by atoms with van der Waals surface area (Å²) in [6, 6.07) is 17.2. The van der Waals surface area contributed by atoms with Gasteiger partial charge in [0.05, 0.1) is 23.3 Å². The van der Waals surface area contributed by atoms with Crippen LogP contribution in [0.2, 0.25) is 0 Å². The Hall–Kier alpha value is -4.77. The number of benzene rings is 2. The van der Waals surface area contributed by atoms with Gasteiger partial charge in [0.2, 0.25) is 17.8 Å². The van der Waals surface area contributed by atoms with Crippen LogP contribution >= 0.6 is 0 Å². The number of hydrazine groups is 1. The van der Waals surface area contributed by atoms with Crippen molar-refractivity contribution >= 4 is 40.7 Å². The predicted molar refractivity (Wildman–Crippen MR) is 167 cm³/mol. The number of aromatic nitrogens is 4. The van der Waals surface area contributed by atoms with Crippen molar-refractivity contribution in [1.82, 2.24) is 25.3 Å². The highest BCUT2D eigenvalue weighted by molar-refractivity contribution is 5.83. The second-order valence-corrected chi connectivity index (χ2v) is 12.4. The van der Waals surface area contributed by atoms with Crippen molar-refractivity contribution in [3.05, 3.63) is 72.6 Å². The topological polar surface area (TPSA) is 174 Å². The van der Waals surface area contributed by atoms with E-state index in [1.54, 1.807) is 12.3 Å². The largest absolute Gasteiger partial charge is 0.394 e. The molecule has 220 valence electrons. The molecule has 8 rings (SSSR count). The molecule has 8 N–H and O–H groups in total. The number of nitrogens with two attached hydrogens (primary N) is 3. The van der Waals surface area contributed by atoms with E-state index in [2.05, 4.69) is 30.6 Å². The van der Waals surface area contributed by atoms with Crippen LogP contribution in [0.5, 0.6) is 0 Å². The van der Waals surface area contributed by atoms with E-state index in [-0.39, 0.29) is 17.3 Å². The molecule has 2 aromatic heterocycles. The first kappa shape index (κ1) is 27.1. The van der Waals surface area contributed by atoms with Crippen LogP contribution in [0, 0.1) is 23.2 Å². The van der Waals surface area contributed by atoms with Crippen molar-refractivity contribution in [1.29, 1.82) is 0 Å². The second kappa shape index (κ2) is 10.8. The Morgan fingerprint density at radius 2 is 1.67 bits per heavy atom. The molecule has 1 amide bonds. The Kier molecular flexibility index (Phi) is 6.81. The summed E-state index contributed by atoms with van der Waals surface area (Å²) in [5.74, 6) is 9.83. The Bertz CT molecular complexity index is 1640. The van der Waals surface area contributed by atoms with Crippen LogP contribution in [0.1, 0.15) is 44.1 Å². The quantitative estimate of drug-likeness (QED) is 0.146. The normalized spacial score (nSPS) is 23.6. The summed E-state index contributed by atoms with van der Waals surface area (Å²) >= 11 is 0. The maximum atomic E-state index is 13.5. The molecule has 4 aliphatic rings. The number of nitrogens with one attached hydrogen (secondary N) is 2. The molecule has 4 aliphatic carbocycles. The highest BCUT2D eigenvalue weighted by Gasteiger charge is 2.54. The molecule has 0 spiro atoms. The van der Waals surface area contributed by atoms with E-state index in [1.165, 1.54) is 30.5 Å². The lowest BCUT2D eigenvalue weighted by atomic mass is 9.49. The predicted octanol–water partition coefficient (Wildman–Crippen LogP) is 4.69. The van der Waals surface area contributed by atoms with Crippen molar-refractivity contribution in [2.45, 2.75) is 45.1 Å². The molecular weight excluding hydrogens is 540 g/mol. The summed E-state index contributed by atoms with van der Waals surface area (Å²) in [7, 11) is 0. The molecule has 4 saturated carbocycles. The molecule has 11 nitrogen and oxygen atoms in total. The van der Waals surface area contributed by atoms with Gasteiger partial charge >= 0.3 is 0 Å². The summed E-state index contributed by atoms with van der Waals surface area (Å²) in [5.41, 5.74) is 16.1. The molecule has 2 heterocycles. The van der Waals surface area contributed by atoms with Crippen molar-refractivity contribution < 1.29 is 4.79 Å². The Labute approximate surface area is 250 Å². The number of hydrogen-bond acceptors (Lipinski definition) is 10. The standard InChI is InChI=1S/C32H36N10O/c33-26-18-38-31(39-24-5-2-4-23(13-24)27-7-8-36-30(34)40-27)41-28(26)42(35)25-6-1-3-19(12-25)17-37-29(43)32-14-20-9-21(15-32)11-22(10-20)16-32/h1-8,12-13,18,20-22H,9-11,14-17,33,35H2,(H,37,43)(H2,34,36,40)(H,38,39,41). The lowest BCUT2D eigenvalue weighted by Crippen LogP contribution is -2.53. The van der Waals surface area contributed by atoms with E-state index in [0.29, 0.717) is 35.4 Å². The fourth-order valence-corrected chi connectivity index (χ4v) is 7.75. The van der Waals surface area contributed by atoms with E-state index in [1.807, 2.05) is 48.5 Å². The highest BCUT2D eigenvalue weighted by atomic mass is 16.2. The van der Waals surface area contributed by atoms with Crippen molar-refractivity contribution in [3.63, 3.8) is 0 Å². The van der Waals surface area contributed by atoms with Crippen LogP contribution in [0.3, 0.4) is 0 Å². The summed E-state index contributed by atoms with van der Waals surface area (Å²) in [5, 5.41) is 7.91. The van der Waals surface area contributed by atoms with Gasteiger partial charge in [0.15, 0.2) is 5.82 Å². The first-order valence-corrected chi connectivity index (χ1v) is 14.8. The first-order valence-electron chi connectivity index (χ1n) is 14.8. The molecular formula is C32H36N10O. The fourth-order valence-electron chi connectivity index (χ4n) is 7.75. The second-order valence-electron chi connectivity index (χ2n) is 12.4. The molecule has 0 atom stereocenters. The number of carbonyl (C=O) groups excluding carboxylic acids is 1. The van der Waals surface area contributed by atoms with Crippen LogP contribution < -0.4 is 33.0 Å². The number of hydrogen-bond donors (Lipinski definition) is 5. The van der Waals surface area contributed by atoms with Crippen molar-refractivity contribution in [2.75, 3.05) is 21.8 Å². The third-order valence-corrected chi connectivity index (χ3v) is 9.27. The smallest absolute Gasteiger partial charge is 0.229 e. The maximum absolute atomic E-state index is 13.5. The van der Waals surface area contributed by atoms with Crippen LogP contribution in [-0.2, 0) is 11.3 Å². The maximum Gasteiger partial charge on any atom is 0.229 e. The number of anilines is 6. The van der Waals surface area contributed by atoms with Gasteiger partial charge in [-0.1, -0.05) is 24.3 Å². The average molecular weight is 577 g/mol. The zero-order chi connectivity index (χ0) is 29.6. The summed E-state index contributed by atoms with van der Waals surface area (Å²) in [6.07, 6.45) is 10.2. The van der Waals surface area contributed by atoms with E-state index in [4.69, 9.17) is 17.3 Å². The minimum Gasteiger partial charge on any atom is -0.394 e. The van der Waals surface area contributed by atoms with Crippen LogP contribution in [0.15, 0.2) is 67.0 Å². The van der Waals surface area contributed by atoms with Gasteiger partial charge in [0.1, 0.15) is 0 Å². The third-order valence-electron chi connectivity index (χ3n) is 9.27. The minimum absolute atomic E-state index is 0.174. The number of carbonyl (C=O) groups is 1. The molecule has 0 unspecified atom stereocenters. The van der Waals surface area contributed by atoms with Gasteiger partial charge in [-0.05, 0) is 92.2 Å². The molecule has 11 heteroatoms. The first-order chi connectivity index (χ1) is 20.8. The van der Waals surface area contributed by atoms with Crippen LogP contribution in [0.4, 0.5) is 34.8 Å². The van der Waals surface area contributed by atoms with E-state index >= 15 is 0 Å². The SMILES string of the molecule is Nc1nccc(-c2cccc(Nc3ncc(N)c(N(N)c4cccc(CNC(=O)C56CC7CC(CC(C7)C5)C6)c4)n3)c2)n1. The lowest BCUT2D eigenvalue weighted by Gasteiger charge is -2.55. The number of nitrogens with zero attached hydrogens (tertiary/aromatic N) is 5. The Morgan fingerprint density at radius 3 is 2.42 bits per heavy atom. The summed E-state index contributed by atoms with van der Waals surface area (Å²) < 4.78 is 0. The van der Waals surface area contributed by atoms with Gasteiger partial charge in [-0.3, -0.25) is 9.80 Å². The van der Waals surface area contributed by atoms with E-state index in [9.17, 15) is 4.79 Å². The fraction of sp³-hybridized carbons (Fsp3) is 0.344. The van der Waals surface area contributed by atoms with Gasteiger partial charge in [-0.2, -0.15) is 4.98 Å². The highest BCUT2D eigenvalue weighted by Crippen LogP contribution is 2.60. The summed E-state index contributed by atoms with van der Waals surface area (Å²) in [4.78, 5) is 30.7. The van der Waals surface area contributed by atoms with Crippen molar-refractivity contribution in [3.8, 4) is 11.3 Å². The van der Waals surface area contributed by atoms with Crippen LogP contribution in [-0.4, -0.2) is 25.8 Å². The number of nitrogen functional groups attached to an aromatic ring is 2. The Balaban J connectivity index is 1.04. The molecule has 0 saturated heterocycles. The Morgan fingerprint density at radius 1 is 0.930 bits per heavy atom. The minimum atomic E-state index is -0.174. The van der Waals surface area contributed by atoms with E-state index < -0.39 is 0 Å². The van der Waals surface area contributed by atoms with Crippen molar-refractivity contribution in [2.24, 2.45) is 29.0 Å². The summed E-state index contributed by atoms with van der Waals surface area (Å²) in [6.45, 7) is 0.447. The molecule has 4 bridgehead atoms. The van der Waals surface area contributed by atoms with Gasteiger partial charge in [-0.15, -0.1) is 0 Å². The zero-order valence-electron chi connectivity index (χ0n) is 23.9. The van der Waals surface area contributed by atoms with Crippen LogP contribution in [0.25, 0.3) is 11.3 Å². The molecule has 2 aromatic carbocycles. The lowest BCUT2D eigenvalue weighted by molar-refractivity contribution is -0.146. The molecule has 0 radical (unpaired) electrons. The zero-order valence-corrected chi connectivity index (χ0v) is 23.9. The monoisotopic (exact) mass is 576 g/mol. The van der Waals surface area contributed by atoms with Gasteiger partial charge in [-0.25, -0.2) is 20.8 Å². The molecule has 0 aliphatic heterocycles. The average Bonchev–Trinajstić information content (AvgIpc) is 3.00. The number of rotatable bonds is 8. The molecule has 43 heavy (non-hydrogen) atoms. The molecule has 4 fully saturated rings. The number of amides is 1.